The summed E-state index contributed by atoms with van der Waals surface area (Å²) in [4.78, 5) is 33.6. The van der Waals surface area contributed by atoms with Crippen LogP contribution < -0.4 is 5.32 Å². The van der Waals surface area contributed by atoms with Crippen molar-refractivity contribution in [2.24, 2.45) is 0 Å². The van der Waals surface area contributed by atoms with Gasteiger partial charge < -0.3 is 15.2 Å². The number of halogens is 3. The van der Waals surface area contributed by atoms with Crippen molar-refractivity contribution < 1.29 is 18.4 Å². The number of amides is 2. The number of carbonyl (C=O) groups is 2. The van der Waals surface area contributed by atoms with Gasteiger partial charge in [-0.25, -0.2) is 13.8 Å². The van der Waals surface area contributed by atoms with Crippen LogP contribution >= 0.6 is 11.6 Å². The highest BCUT2D eigenvalue weighted by Crippen LogP contribution is 2.27. The Morgan fingerprint density at radius 2 is 2.06 bits per heavy atom. The number of pyridine rings is 1. The quantitative estimate of drug-likeness (QED) is 0.633. The molecule has 1 unspecified atom stereocenters. The third-order valence-corrected chi connectivity index (χ3v) is 5.21. The molecule has 1 saturated heterocycles. The fourth-order valence-electron chi connectivity index (χ4n) is 3.46. The Morgan fingerprint density at radius 3 is 2.77 bits per heavy atom. The Bertz CT molecular complexity index is 1210. The molecule has 0 radical (unpaired) electrons. The highest BCUT2D eigenvalue weighted by molar-refractivity contribution is 6.31. The second-order valence-electron chi connectivity index (χ2n) is 7.32. The van der Waals surface area contributed by atoms with Crippen molar-refractivity contribution in [3.05, 3.63) is 64.4 Å². The summed E-state index contributed by atoms with van der Waals surface area (Å²) in [5.41, 5.74) is 1.45. The smallest absolute Gasteiger partial charge is 0.282 e. The minimum Gasteiger partial charge on any atom is -0.339 e. The third-order valence-electron chi connectivity index (χ3n) is 5.00. The summed E-state index contributed by atoms with van der Waals surface area (Å²) in [6.07, 6.45) is 1.41. The van der Waals surface area contributed by atoms with Crippen molar-refractivity contribution in [1.82, 2.24) is 20.2 Å². The number of H-pyrrole nitrogens is 1. The van der Waals surface area contributed by atoms with Crippen LogP contribution in [0.5, 0.6) is 0 Å². The second kappa shape index (κ2) is 7.96. The van der Waals surface area contributed by atoms with Gasteiger partial charge in [0.05, 0.1) is 29.7 Å². The molecule has 1 aliphatic rings. The number of carbonyl (C=O) groups excluding carboxylic acids is 2. The molecule has 1 aliphatic heterocycles. The number of hydrogen-bond donors (Lipinski definition) is 2. The van der Waals surface area contributed by atoms with E-state index in [1.54, 1.807) is 30.3 Å². The molecule has 1 aromatic carbocycles. The molecular weight excluding hydrogens is 428 g/mol. The number of likely N-dealkylation sites (tertiary alicyclic amines) is 1. The number of fused-ring (bicyclic) bond motifs is 1. The van der Waals surface area contributed by atoms with Gasteiger partial charge in [0.25, 0.3) is 11.8 Å². The SMILES string of the molecule is N#Cc1ccccc1CC(NC(=O)c1cc2cc(Cl)cnc2[nH]1)C(=O)N1CC(F)(F)C1. The Morgan fingerprint density at radius 1 is 1.32 bits per heavy atom. The summed E-state index contributed by atoms with van der Waals surface area (Å²) in [6.45, 7) is -1.40. The van der Waals surface area contributed by atoms with Crippen LogP contribution in [-0.4, -0.2) is 51.7 Å². The van der Waals surface area contributed by atoms with Crippen LogP contribution in [0.3, 0.4) is 0 Å². The average molecular weight is 444 g/mol. The van der Waals surface area contributed by atoms with Gasteiger partial charge in [0.15, 0.2) is 0 Å². The van der Waals surface area contributed by atoms with E-state index in [-0.39, 0.29) is 12.1 Å². The zero-order valence-electron chi connectivity index (χ0n) is 16.0. The van der Waals surface area contributed by atoms with E-state index in [2.05, 4.69) is 15.3 Å². The lowest BCUT2D eigenvalue weighted by Gasteiger charge is -2.40. The van der Waals surface area contributed by atoms with Crippen LogP contribution in [0.4, 0.5) is 8.78 Å². The number of benzene rings is 1. The van der Waals surface area contributed by atoms with Gasteiger partial charge in [0, 0.05) is 18.0 Å². The second-order valence-corrected chi connectivity index (χ2v) is 7.76. The zero-order chi connectivity index (χ0) is 22.2. The lowest BCUT2D eigenvalue weighted by molar-refractivity contribution is -0.167. The first-order chi connectivity index (χ1) is 14.8. The third kappa shape index (κ3) is 4.34. The lowest BCUT2D eigenvalue weighted by Crippen LogP contribution is -2.63. The maximum Gasteiger partial charge on any atom is 0.282 e. The largest absolute Gasteiger partial charge is 0.339 e. The van der Waals surface area contributed by atoms with Crippen LogP contribution in [0.15, 0.2) is 42.6 Å². The predicted molar refractivity (Wildman–Crippen MR) is 109 cm³/mol. The molecular formula is C21H16ClF2N5O2. The molecule has 31 heavy (non-hydrogen) atoms. The van der Waals surface area contributed by atoms with E-state index in [9.17, 15) is 23.6 Å². The van der Waals surface area contributed by atoms with Gasteiger partial charge in [-0.2, -0.15) is 5.26 Å². The lowest BCUT2D eigenvalue weighted by atomic mass is 9.98. The Hall–Kier alpha value is -3.51. The average Bonchev–Trinajstić information content (AvgIpc) is 3.14. The van der Waals surface area contributed by atoms with Crippen LogP contribution in [0.25, 0.3) is 11.0 Å². The number of rotatable bonds is 5. The highest BCUT2D eigenvalue weighted by atomic mass is 35.5. The van der Waals surface area contributed by atoms with E-state index < -0.39 is 36.9 Å². The summed E-state index contributed by atoms with van der Waals surface area (Å²) >= 11 is 5.92. The molecule has 7 nitrogen and oxygen atoms in total. The molecule has 3 aromatic rings. The summed E-state index contributed by atoms with van der Waals surface area (Å²) in [7, 11) is 0. The molecule has 10 heteroatoms. The molecule has 1 atom stereocenters. The van der Waals surface area contributed by atoms with Gasteiger partial charge in [-0.05, 0) is 23.8 Å². The monoisotopic (exact) mass is 443 g/mol. The molecule has 4 rings (SSSR count). The van der Waals surface area contributed by atoms with E-state index in [1.807, 2.05) is 6.07 Å². The molecule has 0 aliphatic carbocycles. The fraction of sp³-hybridized carbons (Fsp3) is 0.238. The Labute approximate surface area is 180 Å². The van der Waals surface area contributed by atoms with Crippen LogP contribution in [0, 0.1) is 11.3 Å². The fourth-order valence-corrected chi connectivity index (χ4v) is 3.63. The zero-order valence-corrected chi connectivity index (χ0v) is 16.8. The molecule has 1 fully saturated rings. The molecule has 2 amide bonds. The van der Waals surface area contributed by atoms with E-state index in [0.29, 0.717) is 27.2 Å². The molecule has 0 bridgehead atoms. The highest BCUT2D eigenvalue weighted by Gasteiger charge is 2.47. The summed E-state index contributed by atoms with van der Waals surface area (Å²) in [6, 6.07) is 10.7. The van der Waals surface area contributed by atoms with Gasteiger partial charge in [-0.15, -0.1) is 0 Å². The maximum atomic E-state index is 13.3. The number of alkyl halides is 2. The number of nitrogens with one attached hydrogen (secondary N) is 2. The topological polar surface area (TPSA) is 102 Å². The molecule has 2 aromatic heterocycles. The van der Waals surface area contributed by atoms with Crippen LogP contribution in [0.2, 0.25) is 5.02 Å². The number of hydrogen-bond acceptors (Lipinski definition) is 4. The van der Waals surface area contributed by atoms with Gasteiger partial charge >= 0.3 is 0 Å². The first kappa shape index (κ1) is 20.8. The Balaban J connectivity index is 1.59. The summed E-state index contributed by atoms with van der Waals surface area (Å²) in [5, 5.41) is 12.9. The number of aromatic nitrogens is 2. The normalized spacial score (nSPS) is 15.7. The molecule has 2 N–H and O–H groups in total. The molecule has 0 spiro atoms. The van der Waals surface area contributed by atoms with Gasteiger partial charge in [0.2, 0.25) is 5.91 Å². The van der Waals surface area contributed by atoms with Crippen molar-refractivity contribution in [2.75, 3.05) is 13.1 Å². The molecule has 0 saturated carbocycles. The van der Waals surface area contributed by atoms with Gasteiger partial charge in [-0.1, -0.05) is 29.8 Å². The summed E-state index contributed by atoms with van der Waals surface area (Å²) in [5.74, 6) is -4.17. The first-order valence-electron chi connectivity index (χ1n) is 9.35. The number of aromatic amines is 1. The minimum atomic E-state index is -2.93. The van der Waals surface area contributed by atoms with Gasteiger partial charge in [-0.3, -0.25) is 9.59 Å². The number of nitrogens with zero attached hydrogens (tertiary/aromatic N) is 3. The maximum absolute atomic E-state index is 13.3. The first-order valence-corrected chi connectivity index (χ1v) is 9.73. The van der Waals surface area contributed by atoms with E-state index >= 15 is 0 Å². The number of nitriles is 1. The Kier molecular flexibility index (Phi) is 5.33. The van der Waals surface area contributed by atoms with Gasteiger partial charge in [0.1, 0.15) is 17.4 Å². The predicted octanol–water partition coefficient (Wildman–Crippen LogP) is 2.91. The van der Waals surface area contributed by atoms with E-state index in [0.717, 1.165) is 4.90 Å². The van der Waals surface area contributed by atoms with Crippen molar-refractivity contribution in [3.8, 4) is 6.07 Å². The van der Waals surface area contributed by atoms with Crippen molar-refractivity contribution in [3.63, 3.8) is 0 Å². The van der Waals surface area contributed by atoms with Crippen molar-refractivity contribution in [1.29, 1.82) is 5.26 Å². The minimum absolute atomic E-state index is 0.0132. The van der Waals surface area contributed by atoms with E-state index in [4.69, 9.17) is 11.6 Å². The van der Waals surface area contributed by atoms with Crippen molar-refractivity contribution >= 4 is 34.4 Å². The standard InChI is InChI=1S/C21H16ClF2N5O2/c22-15-5-14-7-16(27-18(14)26-9-15)19(30)28-17(20(31)29-10-21(23,24)11-29)6-12-3-1-2-4-13(12)8-25/h1-5,7,9,17H,6,10-11H2,(H,26,27)(H,28,30). The summed E-state index contributed by atoms with van der Waals surface area (Å²) < 4.78 is 26.6. The van der Waals surface area contributed by atoms with Crippen LogP contribution in [0.1, 0.15) is 21.6 Å². The molecule has 3 heterocycles. The van der Waals surface area contributed by atoms with Crippen LogP contribution in [-0.2, 0) is 11.2 Å². The van der Waals surface area contributed by atoms with E-state index in [1.165, 1.54) is 12.3 Å². The van der Waals surface area contributed by atoms with Crippen molar-refractivity contribution in [2.45, 2.75) is 18.4 Å². The molecule has 158 valence electrons.